The second kappa shape index (κ2) is 9.38. The van der Waals surface area contributed by atoms with Crippen LogP contribution >= 0.6 is 11.6 Å². The molecule has 29 heavy (non-hydrogen) atoms. The van der Waals surface area contributed by atoms with Gasteiger partial charge in [-0.3, -0.25) is 9.59 Å². The third kappa shape index (κ3) is 5.68. The molecule has 2 amide bonds. The molecule has 1 aromatic carbocycles. The topological polar surface area (TPSA) is 99.2 Å². The Morgan fingerprint density at radius 3 is 2.97 bits per heavy atom. The minimum atomic E-state index is -0.264. The van der Waals surface area contributed by atoms with Gasteiger partial charge in [-0.15, -0.1) is 0 Å². The summed E-state index contributed by atoms with van der Waals surface area (Å²) in [6.07, 6.45) is 3.61. The molecule has 0 aliphatic carbocycles. The molecule has 0 bridgehead atoms. The van der Waals surface area contributed by atoms with Gasteiger partial charge >= 0.3 is 0 Å². The van der Waals surface area contributed by atoms with Crippen LogP contribution in [0.2, 0.25) is 5.02 Å². The van der Waals surface area contributed by atoms with E-state index in [1.807, 2.05) is 18.2 Å². The van der Waals surface area contributed by atoms with Crippen LogP contribution in [0.5, 0.6) is 0 Å². The summed E-state index contributed by atoms with van der Waals surface area (Å²) in [4.78, 5) is 33.4. The normalized spacial score (nSPS) is 15.7. The van der Waals surface area contributed by atoms with Crippen LogP contribution in [-0.2, 0) is 16.1 Å². The lowest BCUT2D eigenvalue weighted by atomic mass is 10.2. The zero-order valence-electron chi connectivity index (χ0n) is 16.1. The van der Waals surface area contributed by atoms with E-state index in [1.54, 1.807) is 17.9 Å². The summed E-state index contributed by atoms with van der Waals surface area (Å²) in [5.41, 5.74) is 1.63. The van der Waals surface area contributed by atoms with Gasteiger partial charge in [0.1, 0.15) is 5.02 Å². The molecule has 9 heteroatoms. The summed E-state index contributed by atoms with van der Waals surface area (Å²) < 4.78 is 0. The molecule has 0 saturated carbocycles. The Bertz CT molecular complexity index is 920. The molecule has 1 saturated heterocycles. The number of hydrogen-bond acceptors (Lipinski definition) is 6. The molecule has 0 spiro atoms. The number of benzene rings is 1. The van der Waals surface area contributed by atoms with E-state index < -0.39 is 0 Å². The molecule has 3 rings (SSSR count). The minimum Gasteiger partial charge on any atom is -0.365 e. The maximum absolute atomic E-state index is 11.5. The van der Waals surface area contributed by atoms with E-state index in [9.17, 15) is 9.59 Å². The van der Waals surface area contributed by atoms with E-state index in [-0.39, 0.29) is 17.9 Å². The van der Waals surface area contributed by atoms with Gasteiger partial charge in [0.25, 0.3) is 0 Å². The fraction of sp³-hybridized carbons (Fsp3) is 0.300. The minimum absolute atomic E-state index is 0.0696. The van der Waals surface area contributed by atoms with Gasteiger partial charge in [-0.1, -0.05) is 30.3 Å². The molecular weight excluding hydrogens is 392 g/mol. The molecule has 1 aliphatic heterocycles. The average molecular weight is 415 g/mol. The van der Waals surface area contributed by atoms with Crippen molar-refractivity contribution < 1.29 is 9.59 Å². The van der Waals surface area contributed by atoms with Crippen molar-refractivity contribution in [1.82, 2.24) is 14.9 Å². The van der Waals surface area contributed by atoms with Crippen LogP contribution in [0.15, 0.2) is 43.1 Å². The first-order valence-electron chi connectivity index (χ1n) is 9.25. The molecule has 1 aromatic heterocycles. The van der Waals surface area contributed by atoms with Crippen LogP contribution in [0.4, 0.5) is 17.5 Å². The number of anilines is 3. The largest absolute Gasteiger partial charge is 0.365 e. The van der Waals surface area contributed by atoms with E-state index in [0.29, 0.717) is 35.6 Å². The zero-order chi connectivity index (χ0) is 20.8. The van der Waals surface area contributed by atoms with E-state index in [2.05, 4.69) is 32.5 Å². The van der Waals surface area contributed by atoms with Crippen molar-refractivity contribution >= 4 is 40.9 Å². The summed E-state index contributed by atoms with van der Waals surface area (Å²) in [7, 11) is 0. The Kier molecular flexibility index (Phi) is 6.66. The van der Waals surface area contributed by atoms with E-state index in [1.165, 1.54) is 12.3 Å². The molecule has 1 fully saturated rings. The predicted molar refractivity (Wildman–Crippen MR) is 114 cm³/mol. The first kappa shape index (κ1) is 20.6. The van der Waals surface area contributed by atoms with Crippen LogP contribution < -0.4 is 16.0 Å². The number of nitrogens with zero attached hydrogens (tertiary/aromatic N) is 3. The van der Waals surface area contributed by atoms with Gasteiger partial charge in [-0.25, -0.2) is 4.98 Å². The summed E-state index contributed by atoms with van der Waals surface area (Å²) in [6.45, 7) is 6.84. The average Bonchev–Trinajstić information content (AvgIpc) is 3.17. The van der Waals surface area contributed by atoms with Crippen molar-refractivity contribution in [3.63, 3.8) is 0 Å². The number of aromatic nitrogens is 2. The lowest BCUT2D eigenvalue weighted by Crippen LogP contribution is -2.30. The highest BCUT2D eigenvalue weighted by atomic mass is 35.5. The second-order valence-corrected chi connectivity index (χ2v) is 7.14. The van der Waals surface area contributed by atoms with Crippen molar-refractivity contribution in [1.29, 1.82) is 0 Å². The Morgan fingerprint density at radius 1 is 1.41 bits per heavy atom. The highest BCUT2D eigenvalue weighted by Crippen LogP contribution is 2.22. The molecule has 0 radical (unpaired) electrons. The summed E-state index contributed by atoms with van der Waals surface area (Å²) in [6, 6.07) is 7.55. The number of carbonyl (C=O) groups is 2. The van der Waals surface area contributed by atoms with Crippen molar-refractivity contribution in [2.24, 2.45) is 0 Å². The number of likely N-dealkylation sites (tertiary alicyclic amines) is 1. The molecule has 2 aromatic rings. The molecule has 152 valence electrons. The standard InChI is InChI=1S/C20H23ClN6O2/c1-3-18(29)24-15-6-4-5-14(9-15)10-22-19-17(21)11-23-20(26-19)25-16-7-8-27(12-16)13(2)28/h3-6,9,11,16H,1,7-8,10,12H2,2H3,(H,24,29)(H2,22,23,25,26)/t16-/m0/s1. The fourth-order valence-corrected chi connectivity index (χ4v) is 3.20. The second-order valence-electron chi connectivity index (χ2n) is 6.73. The number of halogens is 1. The van der Waals surface area contributed by atoms with Gasteiger partial charge in [-0.2, -0.15) is 4.98 Å². The molecule has 1 atom stereocenters. The quantitative estimate of drug-likeness (QED) is 0.602. The molecular formula is C20H23ClN6O2. The highest BCUT2D eigenvalue weighted by molar-refractivity contribution is 6.32. The predicted octanol–water partition coefficient (Wildman–Crippen LogP) is 2.90. The number of carbonyl (C=O) groups excluding carboxylic acids is 2. The van der Waals surface area contributed by atoms with Gasteiger partial charge in [0.05, 0.1) is 6.20 Å². The van der Waals surface area contributed by atoms with Crippen LogP contribution in [0.3, 0.4) is 0 Å². The molecule has 1 aliphatic rings. The molecule has 2 heterocycles. The van der Waals surface area contributed by atoms with Crippen molar-refractivity contribution in [3.8, 4) is 0 Å². The molecule has 3 N–H and O–H groups in total. The number of rotatable bonds is 7. The summed E-state index contributed by atoms with van der Waals surface area (Å²) in [5, 5.41) is 9.59. The SMILES string of the molecule is C=CC(=O)Nc1cccc(CNc2nc(N[C@H]3CCN(C(C)=O)C3)ncc2Cl)c1. The number of amides is 2. The maximum atomic E-state index is 11.5. The Balaban J connectivity index is 1.62. The maximum Gasteiger partial charge on any atom is 0.247 e. The van der Waals surface area contributed by atoms with Crippen LogP contribution in [0, 0.1) is 0 Å². The number of hydrogen-bond donors (Lipinski definition) is 3. The van der Waals surface area contributed by atoms with Gasteiger partial charge in [0, 0.05) is 38.3 Å². The van der Waals surface area contributed by atoms with Crippen LogP contribution in [0.25, 0.3) is 0 Å². The lowest BCUT2D eigenvalue weighted by Gasteiger charge is -2.16. The van der Waals surface area contributed by atoms with Gasteiger partial charge < -0.3 is 20.9 Å². The van der Waals surface area contributed by atoms with Gasteiger partial charge in [-0.05, 0) is 30.2 Å². The Morgan fingerprint density at radius 2 is 2.24 bits per heavy atom. The molecule has 8 nitrogen and oxygen atoms in total. The Hall–Kier alpha value is -3.13. The first-order valence-corrected chi connectivity index (χ1v) is 9.63. The van der Waals surface area contributed by atoms with Gasteiger partial charge in [0.2, 0.25) is 17.8 Å². The van der Waals surface area contributed by atoms with Crippen molar-refractivity contribution in [3.05, 3.63) is 53.7 Å². The van der Waals surface area contributed by atoms with E-state index in [0.717, 1.165) is 18.5 Å². The van der Waals surface area contributed by atoms with E-state index >= 15 is 0 Å². The van der Waals surface area contributed by atoms with Crippen LogP contribution in [-0.4, -0.2) is 45.8 Å². The zero-order valence-corrected chi connectivity index (χ0v) is 16.9. The molecule has 0 unspecified atom stereocenters. The van der Waals surface area contributed by atoms with Crippen LogP contribution in [0.1, 0.15) is 18.9 Å². The third-order valence-electron chi connectivity index (χ3n) is 4.55. The summed E-state index contributed by atoms with van der Waals surface area (Å²) in [5.74, 6) is 0.769. The first-order chi connectivity index (χ1) is 13.9. The smallest absolute Gasteiger partial charge is 0.247 e. The van der Waals surface area contributed by atoms with E-state index in [4.69, 9.17) is 11.6 Å². The monoisotopic (exact) mass is 414 g/mol. The lowest BCUT2D eigenvalue weighted by molar-refractivity contribution is -0.127. The van der Waals surface area contributed by atoms with Crippen molar-refractivity contribution in [2.45, 2.75) is 25.9 Å². The highest BCUT2D eigenvalue weighted by Gasteiger charge is 2.24. The fourth-order valence-electron chi connectivity index (χ4n) is 3.05. The third-order valence-corrected chi connectivity index (χ3v) is 4.83. The summed E-state index contributed by atoms with van der Waals surface area (Å²) >= 11 is 6.23. The number of nitrogens with one attached hydrogen (secondary N) is 3. The Labute approximate surface area is 174 Å². The van der Waals surface area contributed by atoms with Crippen molar-refractivity contribution in [2.75, 3.05) is 29.0 Å². The van der Waals surface area contributed by atoms with Gasteiger partial charge in [0.15, 0.2) is 5.82 Å².